The molecule has 1 N–H and O–H groups in total. The van der Waals surface area contributed by atoms with E-state index in [0.717, 1.165) is 35.1 Å². The lowest BCUT2D eigenvalue weighted by Crippen LogP contribution is -2.29. The predicted octanol–water partition coefficient (Wildman–Crippen LogP) is 4.66. The van der Waals surface area contributed by atoms with E-state index in [1.54, 1.807) is 11.3 Å². The summed E-state index contributed by atoms with van der Waals surface area (Å²) in [5, 5.41) is 8.93. The number of anilines is 2. The number of nitrogens with one attached hydrogen (secondary N) is 1. The molecule has 28 heavy (non-hydrogen) atoms. The molecular formula is C20H22N4O2S2. The van der Waals surface area contributed by atoms with Gasteiger partial charge in [-0.2, -0.15) is 0 Å². The summed E-state index contributed by atoms with van der Waals surface area (Å²) in [7, 11) is 0. The van der Waals surface area contributed by atoms with Crippen LogP contribution in [0.3, 0.4) is 0 Å². The zero-order chi connectivity index (χ0) is 19.2. The van der Waals surface area contributed by atoms with Crippen LogP contribution in [-0.4, -0.2) is 34.9 Å². The molecule has 0 radical (unpaired) electrons. The monoisotopic (exact) mass is 414 g/mol. The first-order valence-electron chi connectivity index (χ1n) is 9.36. The zero-order valence-electron chi connectivity index (χ0n) is 15.5. The number of carbonyl (C=O) groups is 1. The van der Waals surface area contributed by atoms with E-state index >= 15 is 0 Å². The maximum Gasteiger partial charge on any atom is 0.235 e. The third kappa shape index (κ3) is 4.94. The van der Waals surface area contributed by atoms with Crippen LogP contribution in [0, 0.1) is 0 Å². The van der Waals surface area contributed by atoms with Gasteiger partial charge in [0.05, 0.1) is 28.2 Å². The SMILES string of the molecule is O=C(CSCc1cc(-c2cccs2)on1)Nc1ccc(N2CCCCC2)cn1. The average Bonchev–Trinajstić information content (AvgIpc) is 3.41. The van der Waals surface area contributed by atoms with Gasteiger partial charge in [0.2, 0.25) is 5.91 Å². The molecule has 0 bridgehead atoms. The number of pyridine rings is 1. The van der Waals surface area contributed by atoms with Crippen LogP contribution >= 0.6 is 23.1 Å². The van der Waals surface area contributed by atoms with Crippen molar-refractivity contribution in [3.05, 3.63) is 47.6 Å². The maximum atomic E-state index is 12.2. The van der Waals surface area contributed by atoms with Crippen molar-refractivity contribution in [2.45, 2.75) is 25.0 Å². The van der Waals surface area contributed by atoms with Gasteiger partial charge in [0.25, 0.3) is 0 Å². The molecule has 1 aliphatic rings. The highest BCUT2D eigenvalue weighted by Crippen LogP contribution is 2.26. The number of piperidine rings is 1. The van der Waals surface area contributed by atoms with Gasteiger partial charge in [0, 0.05) is 24.9 Å². The van der Waals surface area contributed by atoms with Crippen LogP contribution in [-0.2, 0) is 10.5 Å². The maximum absolute atomic E-state index is 12.2. The van der Waals surface area contributed by atoms with E-state index in [0.29, 0.717) is 17.3 Å². The number of carbonyl (C=O) groups excluding carboxylic acids is 1. The van der Waals surface area contributed by atoms with Gasteiger partial charge in [-0.05, 0) is 42.8 Å². The van der Waals surface area contributed by atoms with E-state index in [1.165, 1.54) is 31.0 Å². The Morgan fingerprint density at radius 3 is 2.89 bits per heavy atom. The summed E-state index contributed by atoms with van der Waals surface area (Å²) in [6, 6.07) is 9.81. The highest BCUT2D eigenvalue weighted by Gasteiger charge is 2.12. The van der Waals surface area contributed by atoms with Crippen molar-refractivity contribution in [2.24, 2.45) is 0 Å². The zero-order valence-corrected chi connectivity index (χ0v) is 17.1. The molecule has 0 aliphatic carbocycles. The summed E-state index contributed by atoms with van der Waals surface area (Å²) in [4.78, 5) is 19.9. The lowest BCUT2D eigenvalue weighted by atomic mass is 10.1. The third-order valence-electron chi connectivity index (χ3n) is 4.54. The molecule has 1 fully saturated rings. The van der Waals surface area contributed by atoms with Crippen LogP contribution in [0.2, 0.25) is 0 Å². The molecule has 0 spiro atoms. The number of thioether (sulfide) groups is 1. The molecule has 146 valence electrons. The van der Waals surface area contributed by atoms with Gasteiger partial charge in [-0.25, -0.2) is 4.98 Å². The first-order chi connectivity index (χ1) is 13.8. The quantitative estimate of drug-likeness (QED) is 0.606. The van der Waals surface area contributed by atoms with Gasteiger partial charge in [0.15, 0.2) is 5.76 Å². The first-order valence-corrected chi connectivity index (χ1v) is 11.4. The van der Waals surface area contributed by atoms with Crippen LogP contribution in [0.5, 0.6) is 0 Å². The van der Waals surface area contributed by atoms with Crippen molar-refractivity contribution < 1.29 is 9.32 Å². The predicted molar refractivity (Wildman–Crippen MR) is 115 cm³/mol. The van der Waals surface area contributed by atoms with Crippen molar-refractivity contribution in [3.8, 4) is 10.6 Å². The van der Waals surface area contributed by atoms with Crippen molar-refractivity contribution in [1.82, 2.24) is 10.1 Å². The Morgan fingerprint density at radius 1 is 1.25 bits per heavy atom. The molecule has 6 nitrogen and oxygen atoms in total. The Morgan fingerprint density at radius 2 is 2.14 bits per heavy atom. The number of hydrogen-bond donors (Lipinski definition) is 1. The van der Waals surface area contributed by atoms with Crippen molar-refractivity contribution in [3.63, 3.8) is 0 Å². The molecular weight excluding hydrogens is 392 g/mol. The Hall–Kier alpha value is -2.32. The van der Waals surface area contributed by atoms with Crippen molar-refractivity contribution in [1.29, 1.82) is 0 Å². The number of aromatic nitrogens is 2. The molecule has 3 aromatic heterocycles. The minimum Gasteiger partial charge on any atom is -0.370 e. The minimum absolute atomic E-state index is 0.0646. The Bertz CT molecular complexity index is 887. The van der Waals surface area contributed by atoms with Crippen LogP contribution in [0.4, 0.5) is 11.5 Å². The summed E-state index contributed by atoms with van der Waals surface area (Å²) in [5.74, 6) is 2.27. The van der Waals surface area contributed by atoms with Gasteiger partial charge in [-0.1, -0.05) is 11.2 Å². The minimum atomic E-state index is -0.0646. The van der Waals surface area contributed by atoms with Crippen LogP contribution in [0.1, 0.15) is 25.0 Å². The number of rotatable bonds is 7. The lowest BCUT2D eigenvalue weighted by molar-refractivity contribution is -0.113. The molecule has 0 saturated carbocycles. The highest BCUT2D eigenvalue weighted by atomic mass is 32.2. The van der Waals surface area contributed by atoms with Crippen LogP contribution < -0.4 is 10.2 Å². The largest absolute Gasteiger partial charge is 0.370 e. The second-order valence-electron chi connectivity index (χ2n) is 6.65. The van der Waals surface area contributed by atoms with E-state index in [1.807, 2.05) is 41.9 Å². The first kappa shape index (κ1) is 19.0. The molecule has 0 unspecified atom stereocenters. The second-order valence-corrected chi connectivity index (χ2v) is 8.58. The van der Waals surface area contributed by atoms with Gasteiger partial charge in [-0.15, -0.1) is 23.1 Å². The average molecular weight is 415 g/mol. The highest BCUT2D eigenvalue weighted by molar-refractivity contribution is 7.99. The van der Waals surface area contributed by atoms with Crippen molar-refractivity contribution in [2.75, 3.05) is 29.1 Å². The summed E-state index contributed by atoms with van der Waals surface area (Å²) in [5.41, 5.74) is 1.96. The fraction of sp³-hybridized carbons (Fsp3) is 0.350. The summed E-state index contributed by atoms with van der Waals surface area (Å²) in [6.45, 7) is 2.17. The Labute approximate surface area is 172 Å². The molecule has 1 aliphatic heterocycles. The van der Waals surface area contributed by atoms with Crippen LogP contribution in [0.15, 0.2) is 46.4 Å². The summed E-state index contributed by atoms with van der Waals surface area (Å²) in [6.07, 6.45) is 5.61. The van der Waals surface area contributed by atoms with E-state index in [2.05, 4.69) is 20.4 Å². The molecule has 4 rings (SSSR count). The van der Waals surface area contributed by atoms with Crippen LogP contribution in [0.25, 0.3) is 10.6 Å². The molecule has 8 heteroatoms. The van der Waals surface area contributed by atoms with Gasteiger partial charge < -0.3 is 14.7 Å². The lowest BCUT2D eigenvalue weighted by Gasteiger charge is -2.28. The fourth-order valence-corrected chi connectivity index (χ4v) is 4.52. The van der Waals surface area contributed by atoms with Gasteiger partial charge in [0.1, 0.15) is 5.82 Å². The Kier molecular flexibility index (Phi) is 6.28. The summed E-state index contributed by atoms with van der Waals surface area (Å²) >= 11 is 3.12. The number of amides is 1. The third-order valence-corrected chi connectivity index (χ3v) is 6.39. The second kappa shape index (κ2) is 9.25. The summed E-state index contributed by atoms with van der Waals surface area (Å²) < 4.78 is 5.36. The van der Waals surface area contributed by atoms with Crippen molar-refractivity contribution >= 4 is 40.5 Å². The number of thiophene rings is 1. The number of nitrogens with zero attached hydrogens (tertiary/aromatic N) is 3. The number of hydrogen-bond acceptors (Lipinski definition) is 7. The fourth-order valence-electron chi connectivity index (χ4n) is 3.14. The normalized spacial score (nSPS) is 14.2. The smallest absolute Gasteiger partial charge is 0.235 e. The van der Waals surface area contributed by atoms with E-state index in [4.69, 9.17) is 4.52 Å². The topological polar surface area (TPSA) is 71.3 Å². The van der Waals surface area contributed by atoms with Gasteiger partial charge in [-0.3, -0.25) is 4.79 Å². The molecule has 1 saturated heterocycles. The van der Waals surface area contributed by atoms with Gasteiger partial charge >= 0.3 is 0 Å². The van der Waals surface area contributed by atoms with E-state index < -0.39 is 0 Å². The van der Waals surface area contributed by atoms with E-state index in [-0.39, 0.29) is 5.91 Å². The molecule has 3 aromatic rings. The molecule has 4 heterocycles. The molecule has 1 amide bonds. The Balaban J connectivity index is 1.22. The molecule has 0 atom stereocenters. The van der Waals surface area contributed by atoms with E-state index in [9.17, 15) is 4.79 Å². The molecule has 0 aromatic carbocycles. The standard InChI is InChI=1S/C20H22N4O2S2/c25-20(14-27-13-15-11-17(26-23-15)18-5-4-10-28-18)22-19-7-6-16(12-21-19)24-8-2-1-3-9-24/h4-7,10-12H,1-3,8-9,13-14H2,(H,21,22,25).